The summed E-state index contributed by atoms with van der Waals surface area (Å²) in [6, 6.07) is 7.60. The molecule has 11 heteroatoms. The summed E-state index contributed by atoms with van der Waals surface area (Å²) in [5, 5.41) is 12.8. The number of hydrogen-bond donors (Lipinski definition) is 2. The van der Waals surface area contributed by atoms with Crippen LogP contribution in [0.25, 0.3) is 0 Å². The lowest BCUT2D eigenvalue weighted by molar-refractivity contribution is -0.175. The number of alkyl carbamates (subject to hydrolysis) is 1. The van der Waals surface area contributed by atoms with Crippen LogP contribution in [0.2, 0.25) is 5.02 Å². The first kappa shape index (κ1) is 21.8. The molecule has 6 nitrogen and oxygen atoms in total. The molecule has 1 heterocycles. The van der Waals surface area contributed by atoms with Gasteiger partial charge in [0.05, 0.1) is 5.56 Å². The molecule has 0 radical (unpaired) electrons. The highest BCUT2D eigenvalue weighted by molar-refractivity contribution is 6.30. The molecule has 30 heavy (non-hydrogen) atoms. The lowest BCUT2D eigenvalue weighted by Crippen LogP contribution is -2.46. The minimum atomic E-state index is -4.61. The van der Waals surface area contributed by atoms with E-state index in [-0.39, 0.29) is 30.2 Å². The van der Waals surface area contributed by atoms with Crippen molar-refractivity contribution in [3.8, 4) is 0 Å². The Bertz CT molecular complexity index is 965. The summed E-state index contributed by atoms with van der Waals surface area (Å²) in [4.78, 5) is 25.4. The molecule has 1 aliphatic rings. The van der Waals surface area contributed by atoms with E-state index >= 15 is 0 Å². The molecule has 0 unspecified atom stereocenters. The number of amides is 2. The van der Waals surface area contributed by atoms with E-state index in [9.17, 15) is 32.3 Å². The first-order valence-electron chi connectivity index (χ1n) is 8.61. The average molecular weight is 447 g/mol. The highest BCUT2D eigenvalue weighted by Gasteiger charge is 2.49. The summed E-state index contributed by atoms with van der Waals surface area (Å²) < 4.78 is 56.8. The third kappa shape index (κ3) is 4.82. The Hall–Kier alpha value is -2.85. The molecular formula is C19H15ClF4N2O4. The van der Waals surface area contributed by atoms with Crippen molar-refractivity contribution < 1.29 is 37.0 Å². The predicted molar refractivity (Wildman–Crippen MR) is 98.1 cm³/mol. The van der Waals surface area contributed by atoms with Crippen molar-refractivity contribution in [2.45, 2.75) is 24.9 Å². The van der Waals surface area contributed by atoms with Crippen LogP contribution >= 0.6 is 11.6 Å². The Morgan fingerprint density at radius 2 is 2.00 bits per heavy atom. The van der Waals surface area contributed by atoms with Crippen molar-refractivity contribution in [2.75, 3.05) is 11.4 Å². The number of carbonyl (C=O) groups excluding carboxylic acids is 2. The fourth-order valence-electron chi connectivity index (χ4n) is 2.95. The van der Waals surface area contributed by atoms with Crippen molar-refractivity contribution >= 4 is 29.3 Å². The topological polar surface area (TPSA) is 78.9 Å². The molecule has 2 N–H and O–H groups in total. The van der Waals surface area contributed by atoms with Crippen molar-refractivity contribution in [1.82, 2.24) is 5.32 Å². The maximum absolute atomic E-state index is 13.3. The minimum absolute atomic E-state index is 0.0934. The van der Waals surface area contributed by atoms with Gasteiger partial charge in [-0.1, -0.05) is 17.7 Å². The fourth-order valence-corrected chi connectivity index (χ4v) is 3.19. The molecule has 1 saturated heterocycles. The number of ether oxygens (including phenoxy) is 1. The molecule has 2 aromatic rings. The summed E-state index contributed by atoms with van der Waals surface area (Å²) in [7, 11) is 0. The zero-order chi connectivity index (χ0) is 22.1. The summed E-state index contributed by atoms with van der Waals surface area (Å²) >= 11 is 5.71. The van der Waals surface area contributed by atoms with Gasteiger partial charge in [0.1, 0.15) is 5.82 Å². The Morgan fingerprint density at radius 3 is 2.67 bits per heavy atom. The Balaban J connectivity index is 1.66. The molecule has 0 aromatic heterocycles. The predicted octanol–water partition coefficient (Wildman–Crippen LogP) is 3.85. The van der Waals surface area contributed by atoms with E-state index in [1.165, 1.54) is 12.1 Å². The zero-order valence-electron chi connectivity index (χ0n) is 15.2. The molecule has 3 rings (SSSR count). The molecule has 160 valence electrons. The average Bonchev–Trinajstić information content (AvgIpc) is 2.93. The van der Waals surface area contributed by atoms with Gasteiger partial charge in [-0.05, 0) is 42.0 Å². The van der Waals surface area contributed by atoms with E-state index in [1.54, 1.807) is 0 Å². The van der Waals surface area contributed by atoms with Crippen LogP contribution in [0, 0.1) is 5.82 Å². The van der Waals surface area contributed by atoms with Crippen molar-refractivity contribution in [3.05, 3.63) is 64.4 Å². The van der Waals surface area contributed by atoms with Gasteiger partial charge in [-0.3, -0.25) is 4.79 Å². The van der Waals surface area contributed by atoms with Crippen molar-refractivity contribution in [3.63, 3.8) is 0 Å². The monoisotopic (exact) mass is 446 g/mol. The number of halogens is 5. The molecule has 2 aromatic carbocycles. The third-order valence-corrected chi connectivity index (χ3v) is 4.58. The Morgan fingerprint density at radius 1 is 1.27 bits per heavy atom. The smallest absolute Gasteiger partial charge is 0.407 e. The van der Waals surface area contributed by atoms with Gasteiger partial charge >= 0.3 is 12.3 Å². The molecular weight excluding hydrogens is 432 g/mol. The van der Waals surface area contributed by atoms with Gasteiger partial charge in [-0.25, -0.2) is 9.18 Å². The van der Waals surface area contributed by atoms with Gasteiger partial charge in [-0.15, -0.1) is 0 Å². The maximum atomic E-state index is 13.3. The van der Waals surface area contributed by atoms with Crippen LogP contribution in [0.4, 0.5) is 28.0 Å². The van der Waals surface area contributed by atoms with Crippen LogP contribution in [0.3, 0.4) is 0 Å². The van der Waals surface area contributed by atoms with Crippen molar-refractivity contribution in [1.29, 1.82) is 0 Å². The second kappa shape index (κ2) is 8.11. The number of nitrogens with one attached hydrogen (secondary N) is 1. The van der Waals surface area contributed by atoms with Gasteiger partial charge in [0, 0.05) is 30.2 Å². The first-order chi connectivity index (χ1) is 14.0. The number of benzene rings is 2. The van der Waals surface area contributed by atoms with Crippen LogP contribution in [0.15, 0.2) is 42.5 Å². The van der Waals surface area contributed by atoms with E-state index in [1.807, 2.05) is 0 Å². The SMILES string of the molecule is O=C(NCc1cc(F)cc(Cl)c1)O[C@]1(O)CCN(c2cccc(C(F)(F)F)c2)C1=O. The number of alkyl halides is 3. The van der Waals surface area contributed by atoms with Gasteiger partial charge in [0.2, 0.25) is 0 Å². The Kier molecular flexibility index (Phi) is 5.91. The molecule has 2 amide bonds. The first-order valence-corrected chi connectivity index (χ1v) is 8.99. The van der Waals surface area contributed by atoms with E-state index in [4.69, 9.17) is 16.3 Å². The maximum Gasteiger partial charge on any atom is 0.416 e. The van der Waals surface area contributed by atoms with E-state index in [2.05, 4.69) is 5.32 Å². The number of hydrogen-bond acceptors (Lipinski definition) is 4. The van der Waals surface area contributed by atoms with Gasteiger partial charge in [0.15, 0.2) is 0 Å². The minimum Gasteiger partial charge on any atom is -0.407 e. The summed E-state index contributed by atoms with van der Waals surface area (Å²) in [5.74, 6) is -4.24. The van der Waals surface area contributed by atoms with E-state index < -0.39 is 35.3 Å². The molecule has 1 atom stereocenters. The van der Waals surface area contributed by atoms with E-state index in [0.717, 1.165) is 35.2 Å². The van der Waals surface area contributed by atoms with Gasteiger partial charge in [-0.2, -0.15) is 13.2 Å². The molecule has 0 spiro atoms. The lowest BCUT2D eigenvalue weighted by atomic mass is 10.2. The zero-order valence-corrected chi connectivity index (χ0v) is 15.9. The second-order valence-corrected chi connectivity index (χ2v) is 7.00. The van der Waals surface area contributed by atoms with Crippen LogP contribution in [0.1, 0.15) is 17.5 Å². The summed E-state index contributed by atoms with van der Waals surface area (Å²) in [6.45, 7) is -0.360. The second-order valence-electron chi connectivity index (χ2n) is 6.56. The lowest BCUT2D eigenvalue weighted by Gasteiger charge is -2.23. The molecule has 0 aliphatic carbocycles. The fraction of sp³-hybridized carbons (Fsp3) is 0.263. The highest BCUT2D eigenvalue weighted by Crippen LogP contribution is 2.34. The standard InChI is InChI=1S/C19H15ClF4N2O4/c20-13-6-11(7-14(21)9-13)10-25-17(28)30-18(29)4-5-26(16(18)27)15-3-1-2-12(8-15)19(22,23)24/h1-3,6-9,29H,4-5,10H2,(H,25,28)/t18-/m1/s1. The van der Waals surface area contributed by atoms with Crippen LogP contribution in [-0.2, 0) is 22.3 Å². The van der Waals surface area contributed by atoms with Crippen molar-refractivity contribution in [2.24, 2.45) is 0 Å². The number of anilines is 1. The normalized spacial score (nSPS) is 19.1. The quantitative estimate of drug-likeness (QED) is 0.552. The Labute approximate surface area is 173 Å². The molecule has 0 saturated carbocycles. The highest BCUT2D eigenvalue weighted by atomic mass is 35.5. The number of rotatable bonds is 4. The molecule has 0 bridgehead atoms. The largest absolute Gasteiger partial charge is 0.416 e. The molecule has 1 fully saturated rings. The summed E-state index contributed by atoms with van der Waals surface area (Å²) in [6.07, 6.45) is -6.12. The van der Waals surface area contributed by atoms with Crippen LogP contribution in [0.5, 0.6) is 0 Å². The van der Waals surface area contributed by atoms with Gasteiger partial charge in [0.25, 0.3) is 11.7 Å². The van der Waals surface area contributed by atoms with Crippen LogP contribution < -0.4 is 10.2 Å². The number of nitrogens with zero attached hydrogens (tertiary/aromatic N) is 1. The summed E-state index contributed by atoms with van der Waals surface area (Å²) in [5.41, 5.74) is -0.743. The third-order valence-electron chi connectivity index (χ3n) is 4.36. The van der Waals surface area contributed by atoms with E-state index in [0.29, 0.717) is 5.56 Å². The number of aliphatic hydroxyl groups is 1. The number of carbonyl (C=O) groups is 2. The van der Waals surface area contributed by atoms with Crippen LogP contribution in [-0.4, -0.2) is 29.4 Å². The molecule has 1 aliphatic heterocycles. The van der Waals surface area contributed by atoms with Gasteiger partial charge < -0.3 is 20.1 Å².